The van der Waals surface area contributed by atoms with Gasteiger partial charge >= 0.3 is 0 Å². The van der Waals surface area contributed by atoms with Gasteiger partial charge in [0.15, 0.2) is 17.9 Å². The molecule has 0 radical (unpaired) electrons. The molecule has 1 aromatic heterocycles. The van der Waals surface area contributed by atoms with Crippen molar-refractivity contribution in [1.29, 1.82) is 0 Å². The van der Waals surface area contributed by atoms with E-state index in [2.05, 4.69) is 9.97 Å². The van der Waals surface area contributed by atoms with Crippen molar-refractivity contribution in [3.63, 3.8) is 0 Å². The first-order valence-electron chi connectivity index (χ1n) is 10.0. The molecule has 0 fully saturated rings. The molecule has 12 heteroatoms. The Hall–Kier alpha value is -4.29. The van der Waals surface area contributed by atoms with E-state index in [9.17, 15) is 27.6 Å². The van der Waals surface area contributed by atoms with Crippen LogP contribution in [0.15, 0.2) is 67.0 Å². The number of benzene rings is 2. The molecule has 2 aromatic carbocycles. The first-order valence-corrected chi connectivity index (χ1v) is 11.9. The minimum absolute atomic E-state index is 0.140. The zero-order valence-electron chi connectivity index (χ0n) is 19.9. The first-order chi connectivity index (χ1) is 17.2. The van der Waals surface area contributed by atoms with Gasteiger partial charge in [0.2, 0.25) is 10.0 Å². The maximum Gasteiger partial charge on any atom is 0.209 e. The van der Waals surface area contributed by atoms with Crippen molar-refractivity contribution in [3.8, 4) is 11.5 Å². The zero-order valence-corrected chi connectivity index (χ0v) is 20.8. The summed E-state index contributed by atoms with van der Waals surface area (Å²) < 4.78 is 31.9. The fourth-order valence-electron chi connectivity index (χ4n) is 1.89. The number of sulfonamides is 1. The Morgan fingerprint density at radius 1 is 0.750 bits per heavy atom. The van der Waals surface area contributed by atoms with E-state index in [1.165, 1.54) is 19.5 Å². The number of hydrogen-bond donors (Lipinski definition) is 1. The van der Waals surface area contributed by atoms with E-state index in [4.69, 9.17) is 9.47 Å². The van der Waals surface area contributed by atoms with E-state index < -0.39 is 10.0 Å². The summed E-state index contributed by atoms with van der Waals surface area (Å²) in [7, 11) is -0.0612. The largest absolute Gasteiger partial charge is 0.497 e. The van der Waals surface area contributed by atoms with Gasteiger partial charge in [0, 0.05) is 11.1 Å². The third-order valence-electron chi connectivity index (χ3n) is 3.61. The monoisotopic (exact) mass is 517 g/mol. The van der Waals surface area contributed by atoms with Crippen LogP contribution in [0.3, 0.4) is 0 Å². The van der Waals surface area contributed by atoms with Gasteiger partial charge in [-0.25, -0.2) is 23.1 Å². The van der Waals surface area contributed by atoms with E-state index in [1.807, 2.05) is 22.9 Å². The zero-order chi connectivity index (χ0) is 27.2. The molecule has 0 spiro atoms. The highest BCUT2D eigenvalue weighted by Gasteiger charge is 1.95. The van der Waals surface area contributed by atoms with Gasteiger partial charge in [-0.1, -0.05) is 30.3 Å². The lowest BCUT2D eigenvalue weighted by molar-refractivity contribution is -0.106. The predicted molar refractivity (Wildman–Crippen MR) is 133 cm³/mol. The van der Waals surface area contributed by atoms with Gasteiger partial charge in [-0.2, -0.15) is 0 Å². The summed E-state index contributed by atoms with van der Waals surface area (Å²) in [4.78, 5) is 47.1. The summed E-state index contributed by atoms with van der Waals surface area (Å²) in [5, 5.41) is 0. The summed E-state index contributed by atoms with van der Waals surface area (Å²) in [6.45, 7) is -0.140. The number of carbonyl (C=O) groups is 4. The molecule has 11 nitrogen and oxygen atoms in total. The highest BCUT2D eigenvalue weighted by Crippen LogP contribution is 2.09. The van der Waals surface area contributed by atoms with E-state index in [0.717, 1.165) is 30.1 Å². The van der Waals surface area contributed by atoms with Gasteiger partial charge < -0.3 is 14.3 Å². The van der Waals surface area contributed by atoms with E-state index in [0.29, 0.717) is 23.9 Å². The third kappa shape index (κ3) is 16.3. The van der Waals surface area contributed by atoms with Gasteiger partial charge in [0.1, 0.15) is 24.6 Å². The minimum atomic E-state index is -3.17. The van der Waals surface area contributed by atoms with Crippen molar-refractivity contribution >= 4 is 35.2 Å². The summed E-state index contributed by atoms with van der Waals surface area (Å²) in [6.07, 6.45) is 6.59. The molecular formula is C24H27N3O8S. The summed E-state index contributed by atoms with van der Waals surface area (Å²) in [6, 6.07) is 16.0. The molecule has 0 aliphatic heterocycles. The number of ether oxygens (including phenoxy) is 2. The SMILES string of the molecule is COc1ccc(C=O)cc1.COc1cnc(C=O)nc1.CS(=O)(=O)NCC=O.O=Cc1ccccc1. The van der Waals surface area contributed by atoms with Crippen molar-refractivity contribution in [2.75, 3.05) is 27.0 Å². The van der Waals surface area contributed by atoms with E-state index >= 15 is 0 Å². The summed E-state index contributed by atoms with van der Waals surface area (Å²) in [5.74, 6) is 1.48. The Balaban J connectivity index is 0.000000457. The van der Waals surface area contributed by atoms with Crippen molar-refractivity contribution in [3.05, 3.63) is 83.9 Å². The third-order valence-corrected chi connectivity index (χ3v) is 4.30. The van der Waals surface area contributed by atoms with Gasteiger partial charge in [-0.15, -0.1) is 0 Å². The van der Waals surface area contributed by atoms with E-state index in [-0.39, 0.29) is 12.4 Å². The van der Waals surface area contributed by atoms with Gasteiger partial charge in [-0.3, -0.25) is 14.4 Å². The smallest absolute Gasteiger partial charge is 0.209 e. The van der Waals surface area contributed by atoms with Crippen LogP contribution < -0.4 is 14.2 Å². The van der Waals surface area contributed by atoms with Crippen LogP contribution in [-0.4, -0.2) is 70.6 Å². The van der Waals surface area contributed by atoms with Crippen LogP contribution in [0.2, 0.25) is 0 Å². The lowest BCUT2D eigenvalue weighted by Gasteiger charge is -1.96. The second-order valence-electron chi connectivity index (χ2n) is 6.31. The average Bonchev–Trinajstić information content (AvgIpc) is 2.93. The molecule has 0 atom stereocenters. The average molecular weight is 518 g/mol. The number of nitrogens with zero attached hydrogens (tertiary/aromatic N) is 2. The molecule has 0 bridgehead atoms. The maximum atomic E-state index is 10.2. The van der Waals surface area contributed by atoms with Crippen LogP contribution in [0.5, 0.6) is 11.5 Å². The molecule has 1 heterocycles. The molecule has 0 saturated carbocycles. The van der Waals surface area contributed by atoms with Gasteiger partial charge in [0.25, 0.3) is 0 Å². The van der Waals surface area contributed by atoms with Gasteiger partial charge in [-0.05, 0) is 24.3 Å². The highest BCUT2D eigenvalue weighted by atomic mass is 32.2. The topological polar surface area (TPSA) is 159 Å². The van der Waals surface area contributed by atoms with Crippen molar-refractivity contribution in [2.24, 2.45) is 0 Å². The number of nitrogens with one attached hydrogen (secondary N) is 1. The maximum absolute atomic E-state index is 10.2. The Morgan fingerprint density at radius 3 is 1.58 bits per heavy atom. The number of hydrogen-bond acceptors (Lipinski definition) is 10. The Morgan fingerprint density at radius 2 is 1.25 bits per heavy atom. The van der Waals surface area contributed by atoms with Crippen molar-refractivity contribution in [1.82, 2.24) is 14.7 Å². The van der Waals surface area contributed by atoms with Crippen molar-refractivity contribution < 1.29 is 37.1 Å². The molecule has 36 heavy (non-hydrogen) atoms. The fraction of sp³-hybridized carbons (Fsp3) is 0.167. The predicted octanol–water partition coefficient (Wildman–Crippen LogP) is 2.04. The van der Waals surface area contributed by atoms with Crippen LogP contribution in [0.1, 0.15) is 31.3 Å². The van der Waals surface area contributed by atoms with Crippen LogP contribution in [-0.2, 0) is 14.8 Å². The molecule has 3 aromatic rings. The first kappa shape index (κ1) is 31.7. The Labute approximate surface area is 209 Å². The lowest BCUT2D eigenvalue weighted by Crippen LogP contribution is -2.23. The molecular weight excluding hydrogens is 490 g/mol. The lowest BCUT2D eigenvalue weighted by atomic mass is 10.2. The fourth-order valence-corrected chi connectivity index (χ4v) is 2.26. The summed E-state index contributed by atoms with van der Waals surface area (Å²) >= 11 is 0. The van der Waals surface area contributed by atoms with Gasteiger partial charge in [0.05, 0.1) is 39.4 Å². The minimum Gasteiger partial charge on any atom is -0.497 e. The number of aldehydes is 4. The van der Waals surface area contributed by atoms with Crippen LogP contribution in [0.4, 0.5) is 0 Å². The van der Waals surface area contributed by atoms with Crippen molar-refractivity contribution in [2.45, 2.75) is 0 Å². The quantitative estimate of drug-likeness (QED) is 0.438. The number of aromatic nitrogens is 2. The normalized spacial score (nSPS) is 9.31. The molecule has 0 saturated heterocycles. The van der Waals surface area contributed by atoms with Crippen LogP contribution in [0, 0.1) is 0 Å². The molecule has 0 aliphatic carbocycles. The number of rotatable bonds is 8. The standard InChI is InChI=1S/C8H8O2.C7H6O.C6H6N2O2.C3H7NO3S/c1-10-8-4-2-7(6-9)3-5-8;8-6-7-4-2-1-3-5-7;1-10-5-2-7-6(4-9)8-3-5;1-8(6,7)4-2-3-5/h2-6H,1H3;1-6H;2-4H,1H3;3-4H,2H2,1H3. The Bertz CT molecular complexity index is 1090. The van der Waals surface area contributed by atoms with Crippen LogP contribution >= 0.6 is 0 Å². The molecule has 192 valence electrons. The highest BCUT2D eigenvalue weighted by molar-refractivity contribution is 7.88. The van der Waals surface area contributed by atoms with Crippen LogP contribution in [0.25, 0.3) is 0 Å². The molecule has 3 rings (SSSR count). The number of carbonyl (C=O) groups excluding carboxylic acids is 4. The molecule has 0 unspecified atom stereocenters. The second kappa shape index (κ2) is 19.1. The number of methoxy groups -OCH3 is 2. The second-order valence-corrected chi connectivity index (χ2v) is 8.14. The molecule has 0 amide bonds. The summed E-state index contributed by atoms with van der Waals surface area (Å²) in [5.41, 5.74) is 1.40. The Kier molecular flexibility index (Phi) is 16.8. The molecule has 1 N–H and O–H groups in total. The molecule has 0 aliphatic rings. The van der Waals surface area contributed by atoms with E-state index in [1.54, 1.807) is 43.5 Å².